The molecule has 34 heavy (non-hydrogen) atoms. The second-order valence-electron chi connectivity index (χ2n) is 7.60. The Morgan fingerprint density at radius 2 is 1.74 bits per heavy atom. The predicted molar refractivity (Wildman–Crippen MR) is 138 cm³/mol. The van der Waals surface area contributed by atoms with Crippen LogP contribution >= 0.6 is 23.1 Å². The number of nitrogens with zero attached hydrogens (tertiary/aromatic N) is 4. The van der Waals surface area contributed by atoms with E-state index in [2.05, 4.69) is 11.1 Å². The Labute approximate surface area is 203 Å². The molecule has 0 aliphatic carbocycles. The highest BCUT2D eigenvalue weighted by Crippen LogP contribution is 2.30. The Morgan fingerprint density at radius 3 is 2.47 bits per heavy atom. The number of hydrogen-bond donors (Lipinski definition) is 1. The van der Waals surface area contributed by atoms with Gasteiger partial charge in [-0.15, -0.1) is 11.3 Å². The summed E-state index contributed by atoms with van der Waals surface area (Å²) in [4.78, 5) is 22.5. The molecule has 0 aliphatic heterocycles. The van der Waals surface area contributed by atoms with E-state index >= 15 is 0 Å². The molecule has 5 aromatic rings. The van der Waals surface area contributed by atoms with Gasteiger partial charge in [-0.3, -0.25) is 9.36 Å². The van der Waals surface area contributed by atoms with Gasteiger partial charge in [-0.2, -0.15) is 5.26 Å². The minimum atomic E-state index is -0.188. The highest BCUT2D eigenvalue weighted by atomic mass is 32.2. The number of fused-ring (bicyclic) bond motifs is 2. The summed E-state index contributed by atoms with van der Waals surface area (Å²) >= 11 is 2.55. The van der Waals surface area contributed by atoms with Gasteiger partial charge in [0.2, 0.25) is 0 Å². The molecule has 0 amide bonds. The number of para-hydroxylation sites is 2. The van der Waals surface area contributed by atoms with Crippen LogP contribution in [0.4, 0.5) is 0 Å². The zero-order valence-corrected chi connectivity index (χ0v) is 19.7. The van der Waals surface area contributed by atoms with Crippen molar-refractivity contribution in [2.45, 2.75) is 12.1 Å². The molecule has 0 fully saturated rings. The monoisotopic (exact) mass is 482 g/mol. The normalized spacial score (nSPS) is 12.0. The summed E-state index contributed by atoms with van der Waals surface area (Å²) in [6.45, 7) is 1.98. The van der Waals surface area contributed by atoms with E-state index in [9.17, 15) is 15.2 Å². The van der Waals surface area contributed by atoms with Crippen LogP contribution in [0, 0.1) is 18.3 Å². The largest absolute Gasteiger partial charge is 0.510 e. The number of aliphatic hydroxyl groups excluding tert-OH is 1. The van der Waals surface area contributed by atoms with E-state index in [-0.39, 0.29) is 22.6 Å². The zero-order chi connectivity index (χ0) is 23.7. The third kappa shape index (κ3) is 4.07. The van der Waals surface area contributed by atoms with Gasteiger partial charge in [0.15, 0.2) is 5.16 Å². The van der Waals surface area contributed by atoms with Crippen LogP contribution in [-0.2, 0) is 0 Å². The van der Waals surface area contributed by atoms with Crippen molar-refractivity contribution in [1.82, 2.24) is 14.5 Å². The SMILES string of the molecule is Cc1ccc(-n2c(SCC(O)=C(C#N)c3nc4ccccc4s3)nc3ccccc3c2=O)cc1. The van der Waals surface area contributed by atoms with Crippen molar-refractivity contribution >= 4 is 49.8 Å². The number of thioether (sulfide) groups is 1. The van der Waals surface area contributed by atoms with E-state index < -0.39 is 0 Å². The lowest BCUT2D eigenvalue weighted by Crippen LogP contribution is -2.22. The standard InChI is InChI=1S/C26H18N4O2S2/c1-16-10-12-17(13-11-16)30-25(32)18-6-2-3-7-20(18)29-26(30)33-15-22(31)19(14-27)24-28-21-8-4-5-9-23(21)34-24/h2-13,31H,15H2,1H3. The Kier molecular flexibility index (Phi) is 5.88. The Balaban J connectivity index is 1.56. The maximum absolute atomic E-state index is 13.4. The van der Waals surface area contributed by atoms with Crippen LogP contribution in [0.25, 0.3) is 32.4 Å². The number of nitriles is 1. The maximum Gasteiger partial charge on any atom is 0.266 e. The molecule has 0 aliphatic rings. The predicted octanol–water partition coefficient (Wildman–Crippen LogP) is 5.89. The maximum atomic E-state index is 13.4. The van der Waals surface area contributed by atoms with Gasteiger partial charge in [-0.05, 0) is 43.3 Å². The van der Waals surface area contributed by atoms with Crippen LogP contribution in [0.2, 0.25) is 0 Å². The Morgan fingerprint density at radius 1 is 1.03 bits per heavy atom. The minimum Gasteiger partial charge on any atom is -0.510 e. The minimum absolute atomic E-state index is 0.0649. The van der Waals surface area contributed by atoms with Gasteiger partial charge in [0.1, 0.15) is 22.4 Å². The Bertz CT molecular complexity index is 1630. The summed E-state index contributed by atoms with van der Waals surface area (Å²) in [7, 11) is 0. The lowest BCUT2D eigenvalue weighted by Gasteiger charge is -2.13. The summed E-state index contributed by atoms with van der Waals surface area (Å²) in [6, 6.07) is 24.5. The van der Waals surface area contributed by atoms with E-state index in [1.165, 1.54) is 23.1 Å². The van der Waals surface area contributed by atoms with Crippen LogP contribution in [0.15, 0.2) is 88.5 Å². The second kappa shape index (κ2) is 9.14. The fourth-order valence-corrected chi connectivity index (χ4v) is 5.42. The summed E-state index contributed by atoms with van der Waals surface area (Å²) in [5.41, 5.74) is 3.06. The van der Waals surface area contributed by atoms with Crippen LogP contribution in [0.5, 0.6) is 0 Å². The molecule has 2 heterocycles. The van der Waals surface area contributed by atoms with Gasteiger partial charge >= 0.3 is 0 Å². The van der Waals surface area contributed by atoms with E-state index in [0.717, 1.165) is 15.8 Å². The van der Waals surface area contributed by atoms with Crippen molar-refractivity contribution in [1.29, 1.82) is 5.26 Å². The number of allylic oxidation sites excluding steroid dienone is 1. The van der Waals surface area contributed by atoms with E-state index in [1.807, 2.05) is 67.6 Å². The molecule has 0 saturated carbocycles. The molecule has 0 atom stereocenters. The number of benzene rings is 3. The van der Waals surface area contributed by atoms with Gasteiger partial charge in [0, 0.05) is 0 Å². The quantitative estimate of drug-likeness (QED) is 0.145. The summed E-state index contributed by atoms with van der Waals surface area (Å²) < 4.78 is 2.49. The summed E-state index contributed by atoms with van der Waals surface area (Å²) in [5.74, 6) is -0.0421. The molecule has 2 aromatic heterocycles. The number of aryl methyl sites for hydroxylation is 1. The van der Waals surface area contributed by atoms with Crippen molar-refractivity contribution < 1.29 is 5.11 Å². The number of hydrogen-bond acceptors (Lipinski definition) is 7. The molecule has 0 saturated heterocycles. The molecule has 3 aromatic carbocycles. The lowest BCUT2D eigenvalue weighted by atomic mass is 10.2. The Hall–Kier alpha value is -3.93. The first-order valence-corrected chi connectivity index (χ1v) is 12.2. The first-order chi connectivity index (χ1) is 16.5. The number of aromatic nitrogens is 3. The molecule has 1 N–H and O–H groups in total. The van der Waals surface area contributed by atoms with Crippen LogP contribution in [0.1, 0.15) is 10.6 Å². The van der Waals surface area contributed by atoms with Gasteiger partial charge in [0.05, 0.1) is 32.6 Å². The van der Waals surface area contributed by atoms with Crippen LogP contribution < -0.4 is 5.56 Å². The van der Waals surface area contributed by atoms with Crippen molar-refractivity contribution in [3.05, 3.63) is 99.5 Å². The number of aliphatic hydroxyl groups is 1. The van der Waals surface area contributed by atoms with Crippen molar-refractivity contribution in [2.24, 2.45) is 0 Å². The average Bonchev–Trinajstić information content (AvgIpc) is 3.28. The van der Waals surface area contributed by atoms with E-state index in [1.54, 1.807) is 16.7 Å². The first-order valence-electron chi connectivity index (χ1n) is 10.4. The third-order valence-electron chi connectivity index (χ3n) is 5.28. The van der Waals surface area contributed by atoms with Crippen molar-refractivity contribution in [3.63, 3.8) is 0 Å². The fraction of sp³-hybridized carbons (Fsp3) is 0.0769. The van der Waals surface area contributed by atoms with E-state index in [4.69, 9.17) is 4.98 Å². The molecule has 0 bridgehead atoms. The van der Waals surface area contributed by atoms with Gasteiger partial charge < -0.3 is 5.11 Å². The topological polar surface area (TPSA) is 91.8 Å². The first kappa shape index (κ1) is 21.9. The summed E-state index contributed by atoms with van der Waals surface area (Å²) in [6.07, 6.45) is 0. The molecule has 0 unspecified atom stereocenters. The molecular formula is C26H18N4O2S2. The highest BCUT2D eigenvalue weighted by Gasteiger charge is 2.17. The third-order valence-corrected chi connectivity index (χ3v) is 7.29. The molecule has 8 heteroatoms. The molecular weight excluding hydrogens is 464 g/mol. The highest BCUT2D eigenvalue weighted by molar-refractivity contribution is 7.99. The summed E-state index contributed by atoms with van der Waals surface area (Å²) in [5, 5.41) is 22.0. The van der Waals surface area contributed by atoms with Gasteiger partial charge in [0.25, 0.3) is 5.56 Å². The van der Waals surface area contributed by atoms with Crippen LogP contribution in [-0.4, -0.2) is 25.4 Å². The molecule has 0 radical (unpaired) electrons. The van der Waals surface area contributed by atoms with Crippen molar-refractivity contribution in [2.75, 3.05) is 5.75 Å². The van der Waals surface area contributed by atoms with Gasteiger partial charge in [-0.1, -0.05) is 53.7 Å². The van der Waals surface area contributed by atoms with Crippen LogP contribution in [0.3, 0.4) is 0 Å². The molecule has 166 valence electrons. The van der Waals surface area contributed by atoms with Crippen molar-refractivity contribution in [3.8, 4) is 11.8 Å². The number of rotatable bonds is 5. The molecule has 0 spiro atoms. The second-order valence-corrected chi connectivity index (χ2v) is 9.57. The zero-order valence-electron chi connectivity index (χ0n) is 18.1. The lowest BCUT2D eigenvalue weighted by molar-refractivity contribution is 0.420. The number of thiazole rings is 1. The average molecular weight is 483 g/mol. The molecule has 6 nitrogen and oxygen atoms in total. The smallest absolute Gasteiger partial charge is 0.266 e. The molecule has 5 rings (SSSR count). The van der Waals surface area contributed by atoms with Gasteiger partial charge in [-0.25, -0.2) is 9.97 Å². The fourth-order valence-electron chi connectivity index (χ4n) is 3.55. The van der Waals surface area contributed by atoms with E-state index in [0.29, 0.717) is 26.8 Å².